The van der Waals surface area contributed by atoms with Crippen LogP contribution in [0.25, 0.3) is 0 Å². The lowest BCUT2D eigenvalue weighted by atomic mass is 10.5. The average molecular weight is 266 g/mol. The van der Waals surface area contributed by atoms with Gasteiger partial charge >= 0.3 is 5.97 Å². The molecule has 1 aromatic rings. The summed E-state index contributed by atoms with van der Waals surface area (Å²) in [5.41, 5.74) is 0.216. The summed E-state index contributed by atoms with van der Waals surface area (Å²) in [6.45, 7) is -0.0781. The van der Waals surface area contributed by atoms with Gasteiger partial charge in [0.25, 0.3) is 6.43 Å². The molecule has 0 fully saturated rings. The molecule has 96 valence electrons. The topological polar surface area (TPSA) is 60.5 Å². The van der Waals surface area contributed by atoms with Gasteiger partial charge in [-0.3, -0.25) is 0 Å². The number of carbonyl (C=O) groups is 1. The molecule has 0 radical (unpaired) electrons. The Labute approximate surface area is 101 Å². The van der Waals surface area contributed by atoms with E-state index in [9.17, 15) is 13.6 Å². The summed E-state index contributed by atoms with van der Waals surface area (Å²) < 4.78 is 32.6. The Hall–Kier alpha value is -1.28. The highest BCUT2D eigenvalue weighted by Gasteiger charge is 2.10. The SMILES string of the molecule is COC(=O)c1csc(NCCOCC(F)F)n1. The number of esters is 1. The first-order chi connectivity index (χ1) is 8.13. The fraction of sp³-hybridized carbons (Fsp3) is 0.556. The molecule has 8 heteroatoms. The van der Waals surface area contributed by atoms with Gasteiger partial charge in [0.1, 0.15) is 6.61 Å². The molecule has 1 N–H and O–H groups in total. The molecule has 0 aromatic carbocycles. The van der Waals surface area contributed by atoms with E-state index >= 15 is 0 Å². The molecule has 0 spiro atoms. The van der Waals surface area contributed by atoms with Crippen molar-refractivity contribution in [3.05, 3.63) is 11.1 Å². The van der Waals surface area contributed by atoms with E-state index in [2.05, 4.69) is 19.8 Å². The molecule has 0 saturated heterocycles. The number of aromatic nitrogens is 1. The molecule has 5 nitrogen and oxygen atoms in total. The van der Waals surface area contributed by atoms with Crippen molar-refractivity contribution in [3.63, 3.8) is 0 Å². The van der Waals surface area contributed by atoms with Crippen LogP contribution < -0.4 is 5.32 Å². The summed E-state index contributed by atoms with van der Waals surface area (Å²) in [5, 5.41) is 4.92. The Balaban J connectivity index is 2.23. The van der Waals surface area contributed by atoms with E-state index in [1.54, 1.807) is 5.38 Å². The van der Waals surface area contributed by atoms with Crippen LogP contribution in [0.1, 0.15) is 10.5 Å². The number of anilines is 1. The van der Waals surface area contributed by atoms with E-state index in [0.29, 0.717) is 11.7 Å². The quantitative estimate of drug-likeness (QED) is 0.600. The Morgan fingerprint density at radius 3 is 3.06 bits per heavy atom. The number of rotatable bonds is 7. The smallest absolute Gasteiger partial charge is 0.357 e. The van der Waals surface area contributed by atoms with Crippen LogP contribution in [0.4, 0.5) is 13.9 Å². The highest BCUT2D eigenvalue weighted by atomic mass is 32.1. The van der Waals surface area contributed by atoms with E-state index < -0.39 is 19.0 Å². The number of ether oxygens (including phenoxy) is 2. The summed E-state index contributed by atoms with van der Waals surface area (Å²) in [5.74, 6) is -0.511. The predicted octanol–water partition coefficient (Wildman–Crippen LogP) is 1.62. The van der Waals surface area contributed by atoms with Crippen LogP contribution in [-0.2, 0) is 9.47 Å². The van der Waals surface area contributed by atoms with Crippen molar-refractivity contribution < 1.29 is 23.0 Å². The van der Waals surface area contributed by atoms with Crippen molar-refractivity contribution in [1.29, 1.82) is 0 Å². The van der Waals surface area contributed by atoms with Gasteiger partial charge in [0.15, 0.2) is 10.8 Å². The zero-order valence-corrected chi connectivity index (χ0v) is 9.93. The van der Waals surface area contributed by atoms with E-state index in [4.69, 9.17) is 0 Å². The molecule has 0 unspecified atom stereocenters. The van der Waals surface area contributed by atoms with Crippen LogP contribution in [0, 0.1) is 0 Å². The number of hydrogen-bond donors (Lipinski definition) is 1. The highest BCUT2D eigenvalue weighted by molar-refractivity contribution is 7.13. The number of nitrogens with zero attached hydrogens (tertiary/aromatic N) is 1. The van der Waals surface area contributed by atoms with E-state index in [1.165, 1.54) is 18.4 Å². The largest absolute Gasteiger partial charge is 0.464 e. The van der Waals surface area contributed by atoms with Gasteiger partial charge in [-0.2, -0.15) is 0 Å². The summed E-state index contributed by atoms with van der Waals surface area (Å²) in [6.07, 6.45) is -2.46. The van der Waals surface area contributed by atoms with Gasteiger partial charge < -0.3 is 14.8 Å². The second kappa shape index (κ2) is 7.13. The van der Waals surface area contributed by atoms with Crippen molar-refractivity contribution in [2.24, 2.45) is 0 Å². The molecule has 0 aliphatic heterocycles. The zero-order chi connectivity index (χ0) is 12.7. The zero-order valence-electron chi connectivity index (χ0n) is 9.11. The van der Waals surface area contributed by atoms with Crippen LogP contribution >= 0.6 is 11.3 Å². The number of carbonyl (C=O) groups excluding carboxylic acids is 1. The van der Waals surface area contributed by atoms with Gasteiger partial charge in [-0.25, -0.2) is 18.6 Å². The molecule has 1 heterocycles. The Morgan fingerprint density at radius 2 is 2.41 bits per heavy atom. The maximum Gasteiger partial charge on any atom is 0.357 e. The Morgan fingerprint density at radius 1 is 1.65 bits per heavy atom. The minimum Gasteiger partial charge on any atom is -0.464 e. The van der Waals surface area contributed by atoms with Gasteiger partial charge in [-0.1, -0.05) is 0 Å². The standard InChI is InChI=1S/C9H12F2N2O3S/c1-15-8(14)6-5-17-9(13-6)12-2-3-16-4-7(10)11/h5,7H,2-4H2,1H3,(H,12,13). The lowest BCUT2D eigenvalue weighted by Gasteiger charge is -2.03. The van der Waals surface area contributed by atoms with Crippen molar-refractivity contribution in [2.45, 2.75) is 6.43 Å². The summed E-state index contributed by atoms with van der Waals surface area (Å²) >= 11 is 1.23. The predicted molar refractivity (Wildman–Crippen MR) is 58.8 cm³/mol. The lowest BCUT2D eigenvalue weighted by Crippen LogP contribution is -2.13. The second-order valence-corrected chi connectivity index (χ2v) is 3.78. The fourth-order valence-corrected chi connectivity index (χ4v) is 1.66. The molecule has 0 atom stereocenters. The minimum absolute atomic E-state index is 0.150. The van der Waals surface area contributed by atoms with Gasteiger partial charge in [0, 0.05) is 11.9 Å². The first kappa shape index (κ1) is 13.8. The van der Waals surface area contributed by atoms with Gasteiger partial charge in [-0.15, -0.1) is 11.3 Å². The number of hydrogen-bond acceptors (Lipinski definition) is 6. The maximum absolute atomic E-state index is 11.7. The van der Waals surface area contributed by atoms with Gasteiger partial charge in [-0.05, 0) is 0 Å². The van der Waals surface area contributed by atoms with Crippen LogP contribution in [-0.4, -0.2) is 44.2 Å². The normalized spacial score (nSPS) is 10.6. The molecule has 0 saturated carbocycles. The Bertz CT molecular complexity index is 360. The molecule has 0 amide bonds. The number of nitrogens with one attached hydrogen (secondary N) is 1. The van der Waals surface area contributed by atoms with Crippen molar-refractivity contribution >= 4 is 22.4 Å². The van der Waals surface area contributed by atoms with E-state index in [1.807, 2.05) is 0 Å². The van der Waals surface area contributed by atoms with Crippen molar-refractivity contribution in [3.8, 4) is 0 Å². The average Bonchev–Trinajstić information content (AvgIpc) is 2.76. The van der Waals surface area contributed by atoms with E-state index in [-0.39, 0.29) is 12.3 Å². The second-order valence-electron chi connectivity index (χ2n) is 2.92. The van der Waals surface area contributed by atoms with Gasteiger partial charge in [0.05, 0.1) is 13.7 Å². The molecular weight excluding hydrogens is 254 g/mol. The molecule has 17 heavy (non-hydrogen) atoms. The highest BCUT2D eigenvalue weighted by Crippen LogP contribution is 2.15. The molecule has 1 rings (SSSR count). The van der Waals surface area contributed by atoms with Crippen LogP contribution in [0.2, 0.25) is 0 Å². The molecule has 0 aliphatic rings. The first-order valence-corrected chi connectivity index (χ1v) is 5.65. The number of halogens is 2. The van der Waals surface area contributed by atoms with E-state index in [0.717, 1.165) is 0 Å². The van der Waals surface area contributed by atoms with Crippen molar-refractivity contribution in [2.75, 3.05) is 32.2 Å². The Kier molecular flexibility index (Phi) is 5.78. The third-order valence-electron chi connectivity index (χ3n) is 1.67. The summed E-state index contributed by atoms with van der Waals surface area (Å²) in [4.78, 5) is 15.0. The van der Waals surface area contributed by atoms with Crippen LogP contribution in [0.3, 0.4) is 0 Å². The number of alkyl halides is 2. The monoisotopic (exact) mass is 266 g/mol. The third kappa shape index (κ3) is 5.05. The maximum atomic E-state index is 11.7. The number of methoxy groups -OCH3 is 1. The van der Waals surface area contributed by atoms with Crippen LogP contribution in [0.5, 0.6) is 0 Å². The molecule has 0 aliphatic carbocycles. The van der Waals surface area contributed by atoms with Crippen LogP contribution in [0.15, 0.2) is 5.38 Å². The van der Waals surface area contributed by atoms with Crippen molar-refractivity contribution in [1.82, 2.24) is 4.98 Å². The molecule has 1 aromatic heterocycles. The van der Waals surface area contributed by atoms with Gasteiger partial charge in [0.2, 0.25) is 0 Å². The first-order valence-electron chi connectivity index (χ1n) is 4.77. The fourth-order valence-electron chi connectivity index (χ4n) is 0.956. The number of thiazole rings is 1. The molecular formula is C9H12F2N2O3S. The minimum atomic E-state index is -2.46. The lowest BCUT2D eigenvalue weighted by molar-refractivity contribution is 0.0215. The summed E-state index contributed by atoms with van der Waals surface area (Å²) in [6, 6.07) is 0. The molecule has 0 bridgehead atoms. The third-order valence-corrected chi connectivity index (χ3v) is 2.47. The summed E-state index contributed by atoms with van der Waals surface area (Å²) in [7, 11) is 1.27.